The van der Waals surface area contributed by atoms with Crippen LogP contribution in [-0.4, -0.2) is 13.2 Å². The summed E-state index contributed by atoms with van der Waals surface area (Å²) < 4.78 is 20.4. The Morgan fingerprint density at radius 3 is 1.12 bits per heavy atom. The Kier molecular flexibility index (Phi) is 11.5. The molecule has 2 heterocycles. The van der Waals surface area contributed by atoms with Crippen molar-refractivity contribution in [3.8, 4) is 62.1 Å². The van der Waals surface area contributed by atoms with E-state index in [9.17, 15) is 0 Å². The Morgan fingerprint density at radius 1 is 0.345 bits per heavy atom. The van der Waals surface area contributed by atoms with Crippen LogP contribution in [0.2, 0.25) is 0 Å². The molecule has 0 spiro atoms. The van der Waals surface area contributed by atoms with Gasteiger partial charge in [0.25, 0.3) is 0 Å². The van der Waals surface area contributed by atoms with Gasteiger partial charge in [0.2, 0.25) is 0 Å². The molecular weight excluding hydrogens is 1030 g/mol. The number of benzene rings is 14. The molecule has 14 aromatic rings. The van der Waals surface area contributed by atoms with Crippen LogP contribution in [0.1, 0.15) is 25.0 Å². The van der Waals surface area contributed by atoms with Crippen LogP contribution in [0.15, 0.2) is 243 Å². The second-order valence-electron chi connectivity index (χ2n) is 22.2. The van der Waals surface area contributed by atoms with Crippen molar-refractivity contribution >= 4 is 104 Å². The average Bonchev–Trinajstić information content (AvgIpc) is 1.86. The number of aryl methyl sites for hydroxylation is 2. The maximum atomic E-state index is 7.25. The first kappa shape index (κ1) is 49.3. The van der Waals surface area contributed by atoms with Crippen LogP contribution in [-0.2, 0) is 0 Å². The fraction of sp³-hybridized carbons (Fsp3) is 0.0769. The quantitative estimate of drug-likeness (QED) is 0.145. The van der Waals surface area contributed by atoms with Crippen molar-refractivity contribution in [3.05, 3.63) is 254 Å². The third-order valence-electron chi connectivity index (χ3n) is 17.4. The van der Waals surface area contributed by atoms with E-state index in [1.165, 1.54) is 70.7 Å². The molecular formula is C78H57N3O3. The summed E-state index contributed by atoms with van der Waals surface area (Å²) in [6.07, 6.45) is 0. The summed E-state index contributed by atoms with van der Waals surface area (Å²) >= 11 is 0. The van der Waals surface area contributed by atoms with E-state index in [0.29, 0.717) is 6.61 Å². The van der Waals surface area contributed by atoms with Crippen LogP contribution < -0.4 is 29.3 Å². The van der Waals surface area contributed by atoms with Crippen LogP contribution >= 0.6 is 0 Å². The molecule has 0 saturated heterocycles. The molecule has 6 nitrogen and oxygen atoms in total. The summed E-state index contributed by atoms with van der Waals surface area (Å²) in [4.78, 5) is 4.70. The topological polar surface area (TPSA) is 46.2 Å². The van der Waals surface area contributed by atoms with Gasteiger partial charge in [-0.1, -0.05) is 146 Å². The molecule has 402 valence electrons. The second kappa shape index (κ2) is 19.6. The molecule has 0 bridgehead atoms. The van der Waals surface area contributed by atoms with E-state index in [0.717, 1.165) is 114 Å². The van der Waals surface area contributed by atoms with Gasteiger partial charge in [0, 0.05) is 23.6 Å². The zero-order chi connectivity index (χ0) is 56.2. The van der Waals surface area contributed by atoms with Crippen LogP contribution in [0.3, 0.4) is 0 Å². The summed E-state index contributed by atoms with van der Waals surface area (Å²) in [5.74, 6) is 3.93. The minimum Gasteiger partial charge on any atom is -0.494 e. The predicted molar refractivity (Wildman–Crippen MR) is 352 cm³/mol. The van der Waals surface area contributed by atoms with Gasteiger partial charge in [-0.05, 0) is 234 Å². The molecule has 2 aliphatic heterocycles. The fourth-order valence-electron chi connectivity index (χ4n) is 13.5. The van der Waals surface area contributed by atoms with Gasteiger partial charge >= 0.3 is 0 Å². The number of hydrogen-bond acceptors (Lipinski definition) is 6. The van der Waals surface area contributed by atoms with Gasteiger partial charge < -0.3 is 29.3 Å². The van der Waals surface area contributed by atoms with Gasteiger partial charge in [0.05, 0.1) is 29.4 Å². The molecule has 0 unspecified atom stereocenters. The molecule has 14 aromatic carbocycles. The van der Waals surface area contributed by atoms with E-state index in [1.54, 1.807) is 0 Å². The van der Waals surface area contributed by atoms with Crippen LogP contribution in [0.5, 0.6) is 28.7 Å². The largest absolute Gasteiger partial charge is 0.494 e. The lowest BCUT2D eigenvalue weighted by Gasteiger charge is -2.34. The number of fused-ring (bicyclic) bond motifs is 10. The Bertz CT molecular complexity index is 4630. The highest BCUT2D eigenvalue weighted by atomic mass is 16.5. The van der Waals surface area contributed by atoms with Gasteiger partial charge in [0.15, 0.2) is 23.0 Å². The second-order valence-corrected chi connectivity index (χ2v) is 22.2. The third kappa shape index (κ3) is 7.93. The number of hydrogen-bond donors (Lipinski definition) is 1. The molecule has 2 aliphatic rings. The Balaban J connectivity index is 0.844. The van der Waals surface area contributed by atoms with Gasteiger partial charge in [-0.3, -0.25) is 0 Å². The lowest BCUT2D eigenvalue weighted by atomic mass is 9.88. The lowest BCUT2D eigenvalue weighted by Crippen LogP contribution is -2.16. The van der Waals surface area contributed by atoms with Crippen molar-refractivity contribution in [1.29, 1.82) is 0 Å². The Morgan fingerprint density at radius 2 is 0.702 bits per heavy atom. The zero-order valence-electron chi connectivity index (χ0n) is 47.1. The van der Waals surface area contributed by atoms with E-state index < -0.39 is 0 Å². The van der Waals surface area contributed by atoms with E-state index in [4.69, 9.17) is 14.2 Å². The van der Waals surface area contributed by atoms with E-state index in [-0.39, 0.29) is 0 Å². The molecule has 1 N–H and O–H groups in total. The van der Waals surface area contributed by atoms with Crippen molar-refractivity contribution in [2.24, 2.45) is 0 Å². The van der Waals surface area contributed by atoms with Gasteiger partial charge in [0.1, 0.15) is 5.75 Å². The molecule has 0 fully saturated rings. The van der Waals surface area contributed by atoms with Gasteiger partial charge in [-0.25, -0.2) is 0 Å². The first-order chi connectivity index (χ1) is 41.3. The minimum absolute atomic E-state index is 0.614. The zero-order valence-corrected chi connectivity index (χ0v) is 47.1. The van der Waals surface area contributed by atoms with E-state index in [1.807, 2.05) is 6.92 Å². The molecule has 0 amide bonds. The van der Waals surface area contributed by atoms with Gasteiger partial charge in [-0.2, -0.15) is 0 Å². The molecule has 0 aromatic heterocycles. The van der Waals surface area contributed by atoms with Crippen LogP contribution in [0.4, 0.5) is 39.8 Å². The summed E-state index contributed by atoms with van der Waals surface area (Å²) in [7, 11) is 0. The van der Waals surface area contributed by atoms with Crippen molar-refractivity contribution in [2.75, 3.05) is 28.3 Å². The van der Waals surface area contributed by atoms with Crippen LogP contribution in [0, 0.1) is 13.8 Å². The van der Waals surface area contributed by atoms with Crippen molar-refractivity contribution in [3.63, 3.8) is 0 Å². The normalized spacial score (nSPS) is 12.5. The fourth-order valence-corrected chi connectivity index (χ4v) is 13.5. The molecule has 0 aliphatic carbocycles. The van der Waals surface area contributed by atoms with E-state index in [2.05, 4.69) is 279 Å². The Labute approximate surface area is 488 Å². The summed E-state index contributed by atoms with van der Waals surface area (Å²) in [6.45, 7) is 10.1. The number of rotatable bonds is 9. The summed E-state index contributed by atoms with van der Waals surface area (Å²) in [5, 5.41) is 17.9. The SMILES string of the molecule is CCNc1ccc2cc(N3c4ccc(-c5ccc6c(c5)Oc5cc(-c7c8ccccc8c(C)c8ccccc78)ccc5N6c5ccc6cc(OCC)ccc6c5)cc4Oc4cc(-c5c6ccccc6c(C)c6ccccc56)ccc43)ccc2c1. The molecule has 84 heavy (non-hydrogen) atoms. The molecule has 6 heteroatoms. The van der Waals surface area contributed by atoms with Crippen molar-refractivity contribution in [2.45, 2.75) is 27.7 Å². The van der Waals surface area contributed by atoms with Gasteiger partial charge in [-0.15, -0.1) is 0 Å². The lowest BCUT2D eigenvalue weighted by molar-refractivity contribution is 0.341. The minimum atomic E-state index is 0.614. The monoisotopic (exact) mass is 1080 g/mol. The summed E-state index contributed by atoms with van der Waals surface area (Å²) in [5.41, 5.74) is 16.2. The highest BCUT2D eigenvalue weighted by Gasteiger charge is 2.31. The standard InChI is InChI=1S/C78H57N3O3/c1-5-79-57-31-23-50-40-58(32-24-49(50)39-57)80-69-35-27-53(43-73(69)83-75-45-55(29-37-71(75)80)77-65-19-11-7-15-61(65)47(3)62-16-8-12-20-66(62)77)54-28-36-70-74(44-54)84-76-46-56(78-67-21-13-9-17-63(67)48(4)64-18-10-14-22-68(64)78)30-38-72(76)81(70)59-33-25-52-42-60(82-6-2)34-26-51(52)41-59/h7-46,79H,5-6H2,1-4H3. The molecule has 16 rings (SSSR count). The number of ether oxygens (including phenoxy) is 3. The third-order valence-corrected chi connectivity index (χ3v) is 17.4. The number of anilines is 7. The molecule has 0 saturated carbocycles. The maximum absolute atomic E-state index is 7.25. The molecule has 0 atom stereocenters. The smallest absolute Gasteiger partial charge is 0.152 e. The first-order valence-electron chi connectivity index (χ1n) is 29.1. The van der Waals surface area contributed by atoms with Crippen molar-refractivity contribution in [1.82, 2.24) is 0 Å². The number of nitrogens with zero attached hydrogens (tertiary/aromatic N) is 2. The highest BCUT2D eigenvalue weighted by molar-refractivity contribution is 6.17. The Hall–Kier alpha value is -10.6. The maximum Gasteiger partial charge on any atom is 0.152 e. The highest BCUT2D eigenvalue weighted by Crippen LogP contribution is 2.56. The first-order valence-corrected chi connectivity index (χ1v) is 29.1. The average molecular weight is 1080 g/mol. The summed E-state index contributed by atoms with van der Waals surface area (Å²) in [6, 6.07) is 88.1. The predicted octanol–water partition coefficient (Wildman–Crippen LogP) is 22.2. The van der Waals surface area contributed by atoms with Crippen LogP contribution in [0.25, 0.3) is 98.0 Å². The van der Waals surface area contributed by atoms with Crippen molar-refractivity contribution < 1.29 is 14.2 Å². The number of nitrogens with one attached hydrogen (secondary N) is 1. The molecule has 0 radical (unpaired) electrons. The van der Waals surface area contributed by atoms with E-state index >= 15 is 0 Å².